The fourth-order valence-electron chi connectivity index (χ4n) is 2.41. The molecule has 0 aliphatic carbocycles. The van der Waals surface area contributed by atoms with E-state index < -0.39 is 0 Å². The zero-order valence-corrected chi connectivity index (χ0v) is 11.7. The molecule has 0 amide bonds. The molecule has 0 aromatic heterocycles. The maximum Gasteiger partial charge on any atom is 0.115 e. The van der Waals surface area contributed by atoms with Gasteiger partial charge in [0.1, 0.15) is 11.5 Å². The highest BCUT2D eigenvalue weighted by molar-refractivity contribution is 5.33. The Bertz CT molecular complexity index is 486. The quantitative estimate of drug-likeness (QED) is 0.674. The minimum absolute atomic E-state index is 0.0603. The predicted octanol–water partition coefficient (Wildman–Crippen LogP) is 2.32. The molecule has 4 nitrogen and oxygen atoms in total. The van der Waals surface area contributed by atoms with Crippen LogP contribution < -0.4 is 10.6 Å². The van der Waals surface area contributed by atoms with Gasteiger partial charge in [0.2, 0.25) is 0 Å². The fraction of sp³-hybridized carbons (Fsp3) is 0.250. The lowest BCUT2D eigenvalue weighted by molar-refractivity contribution is 0.429. The van der Waals surface area contributed by atoms with Crippen LogP contribution in [-0.2, 0) is 0 Å². The second kappa shape index (κ2) is 6.41. The number of phenolic OH excluding ortho intramolecular Hbond substituents is 2. The van der Waals surface area contributed by atoms with E-state index in [1.54, 1.807) is 24.3 Å². The third kappa shape index (κ3) is 3.10. The Hall–Kier alpha value is -2.04. The van der Waals surface area contributed by atoms with Crippen LogP contribution in [0.4, 0.5) is 0 Å². The van der Waals surface area contributed by atoms with E-state index >= 15 is 0 Å². The van der Waals surface area contributed by atoms with Gasteiger partial charge in [-0.05, 0) is 49.5 Å². The van der Waals surface area contributed by atoms with Crippen LogP contribution in [0.3, 0.4) is 0 Å². The van der Waals surface area contributed by atoms with Gasteiger partial charge in [-0.2, -0.15) is 0 Å². The summed E-state index contributed by atoms with van der Waals surface area (Å²) in [6, 6.07) is 14.5. The highest BCUT2D eigenvalue weighted by Gasteiger charge is 2.21. The van der Waals surface area contributed by atoms with Crippen LogP contribution in [0.15, 0.2) is 48.5 Å². The van der Waals surface area contributed by atoms with E-state index in [0.29, 0.717) is 0 Å². The lowest BCUT2D eigenvalue weighted by Crippen LogP contribution is -2.31. The van der Waals surface area contributed by atoms with Crippen molar-refractivity contribution in [3.05, 3.63) is 59.7 Å². The Morgan fingerprint density at radius 2 is 0.950 bits per heavy atom. The minimum Gasteiger partial charge on any atom is -0.508 e. The normalized spacial score (nSPS) is 13.9. The summed E-state index contributed by atoms with van der Waals surface area (Å²) in [6.07, 6.45) is 0. The summed E-state index contributed by atoms with van der Waals surface area (Å²) >= 11 is 0. The number of benzene rings is 2. The summed E-state index contributed by atoms with van der Waals surface area (Å²) in [7, 11) is 3.81. The van der Waals surface area contributed by atoms with Crippen molar-refractivity contribution < 1.29 is 10.2 Å². The fourth-order valence-corrected chi connectivity index (χ4v) is 2.41. The third-order valence-electron chi connectivity index (χ3n) is 3.46. The molecule has 0 heterocycles. The Morgan fingerprint density at radius 3 is 1.20 bits per heavy atom. The van der Waals surface area contributed by atoms with Gasteiger partial charge < -0.3 is 20.8 Å². The highest BCUT2D eigenvalue weighted by Crippen LogP contribution is 2.30. The number of hydrogen-bond donors (Lipinski definition) is 4. The zero-order valence-electron chi connectivity index (χ0n) is 11.7. The van der Waals surface area contributed by atoms with Crippen molar-refractivity contribution in [2.45, 2.75) is 12.1 Å². The number of rotatable bonds is 5. The van der Waals surface area contributed by atoms with E-state index in [4.69, 9.17) is 0 Å². The molecule has 2 atom stereocenters. The molecular weight excluding hydrogens is 252 g/mol. The predicted molar refractivity (Wildman–Crippen MR) is 79.8 cm³/mol. The molecular formula is C16H20N2O2. The van der Waals surface area contributed by atoms with Gasteiger partial charge >= 0.3 is 0 Å². The molecule has 0 aliphatic heterocycles. The average Bonchev–Trinajstić information content (AvgIpc) is 2.47. The Balaban J connectivity index is 2.32. The molecule has 0 spiro atoms. The Kier molecular flexibility index (Phi) is 4.61. The monoisotopic (exact) mass is 272 g/mol. The van der Waals surface area contributed by atoms with Gasteiger partial charge in [-0.15, -0.1) is 0 Å². The van der Waals surface area contributed by atoms with E-state index in [2.05, 4.69) is 10.6 Å². The van der Waals surface area contributed by atoms with E-state index in [0.717, 1.165) is 11.1 Å². The van der Waals surface area contributed by atoms with Crippen molar-refractivity contribution in [2.75, 3.05) is 14.1 Å². The van der Waals surface area contributed by atoms with Gasteiger partial charge in [0.15, 0.2) is 0 Å². The SMILES string of the molecule is CN[C@H](c1ccc(O)cc1)[C@H](NC)c1ccc(O)cc1. The molecule has 106 valence electrons. The van der Waals surface area contributed by atoms with Crippen molar-refractivity contribution in [1.82, 2.24) is 10.6 Å². The first-order chi connectivity index (χ1) is 9.65. The first kappa shape index (κ1) is 14.4. The minimum atomic E-state index is 0.0603. The molecule has 0 unspecified atom stereocenters. The summed E-state index contributed by atoms with van der Waals surface area (Å²) in [5.74, 6) is 0.517. The second-order valence-electron chi connectivity index (χ2n) is 4.72. The first-order valence-corrected chi connectivity index (χ1v) is 6.58. The molecule has 0 saturated heterocycles. The summed E-state index contributed by atoms with van der Waals surface area (Å²) < 4.78 is 0. The van der Waals surface area contributed by atoms with Crippen LogP contribution in [-0.4, -0.2) is 24.3 Å². The van der Waals surface area contributed by atoms with Crippen molar-refractivity contribution in [3.8, 4) is 11.5 Å². The molecule has 0 fully saturated rings. The molecule has 0 bridgehead atoms. The van der Waals surface area contributed by atoms with Gasteiger partial charge in [0.05, 0.1) is 12.1 Å². The van der Waals surface area contributed by atoms with Crippen LogP contribution in [0.25, 0.3) is 0 Å². The largest absolute Gasteiger partial charge is 0.508 e. The van der Waals surface area contributed by atoms with Crippen LogP contribution in [0.5, 0.6) is 11.5 Å². The smallest absolute Gasteiger partial charge is 0.115 e. The molecule has 4 N–H and O–H groups in total. The first-order valence-electron chi connectivity index (χ1n) is 6.58. The number of likely N-dealkylation sites (N-methyl/N-ethyl adjacent to an activating group) is 2. The third-order valence-corrected chi connectivity index (χ3v) is 3.46. The number of nitrogens with one attached hydrogen (secondary N) is 2. The van der Waals surface area contributed by atoms with E-state index in [9.17, 15) is 10.2 Å². The number of phenols is 2. The number of aromatic hydroxyl groups is 2. The number of hydrogen-bond acceptors (Lipinski definition) is 4. The van der Waals surface area contributed by atoms with Crippen LogP contribution in [0.2, 0.25) is 0 Å². The van der Waals surface area contributed by atoms with Gasteiger partial charge in [0, 0.05) is 0 Å². The van der Waals surface area contributed by atoms with Gasteiger partial charge in [0.25, 0.3) is 0 Å². The van der Waals surface area contributed by atoms with Gasteiger partial charge in [-0.1, -0.05) is 24.3 Å². The Morgan fingerprint density at radius 1 is 0.650 bits per heavy atom. The van der Waals surface area contributed by atoms with Crippen LogP contribution in [0.1, 0.15) is 23.2 Å². The molecule has 2 aromatic carbocycles. The van der Waals surface area contributed by atoms with Gasteiger partial charge in [-0.25, -0.2) is 0 Å². The molecule has 0 saturated carbocycles. The topological polar surface area (TPSA) is 64.5 Å². The van der Waals surface area contributed by atoms with Crippen molar-refractivity contribution in [1.29, 1.82) is 0 Å². The highest BCUT2D eigenvalue weighted by atomic mass is 16.3. The van der Waals surface area contributed by atoms with E-state index in [-0.39, 0.29) is 23.6 Å². The average molecular weight is 272 g/mol. The summed E-state index contributed by atoms with van der Waals surface area (Å²) in [6.45, 7) is 0. The molecule has 0 radical (unpaired) electrons. The summed E-state index contributed by atoms with van der Waals surface area (Å²) in [5, 5.41) is 25.4. The second-order valence-corrected chi connectivity index (χ2v) is 4.72. The van der Waals surface area contributed by atoms with Crippen LogP contribution in [0, 0.1) is 0 Å². The van der Waals surface area contributed by atoms with Crippen LogP contribution >= 0.6 is 0 Å². The maximum atomic E-state index is 9.39. The van der Waals surface area contributed by atoms with Crippen molar-refractivity contribution in [3.63, 3.8) is 0 Å². The zero-order chi connectivity index (χ0) is 14.5. The standard InChI is InChI=1S/C16H20N2O2/c1-17-15(11-3-7-13(19)8-4-11)16(18-2)12-5-9-14(20)10-6-12/h3-10,15-20H,1-2H3/t15-,16-/m1/s1. The summed E-state index contributed by atoms with van der Waals surface area (Å²) in [5.41, 5.74) is 2.16. The maximum absolute atomic E-state index is 9.39. The lowest BCUT2D eigenvalue weighted by Gasteiger charge is -2.27. The lowest BCUT2D eigenvalue weighted by atomic mass is 9.93. The molecule has 20 heavy (non-hydrogen) atoms. The molecule has 2 rings (SSSR count). The van der Waals surface area contributed by atoms with Crippen molar-refractivity contribution in [2.24, 2.45) is 0 Å². The van der Waals surface area contributed by atoms with Crippen molar-refractivity contribution >= 4 is 0 Å². The molecule has 2 aromatic rings. The van der Waals surface area contributed by atoms with E-state index in [1.807, 2.05) is 38.4 Å². The molecule has 0 aliphatic rings. The summed E-state index contributed by atoms with van der Waals surface area (Å²) in [4.78, 5) is 0. The van der Waals surface area contributed by atoms with E-state index in [1.165, 1.54) is 0 Å². The Labute approximate surface area is 119 Å². The van der Waals surface area contributed by atoms with Gasteiger partial charge in [-0.3, -0.25) is 0 Å². The molecule has 4 heteroatoms.